The van der Waals surface area contributed by atoms with Crippen molar-refractivity contribution in [1.82, 2.24) is 5.16 Å². The van der Waals surface area contributed by atoms with Crippen molar-refractivity contribution < 1.29 is 41.9 Å². The molecule has 0 aliphatic heterocycles. The normalized spacial score (nSPS) is 43.6. The minimum Gasteiger partial charge on any atom is -0.443 e. The number of halogens is 3. The van der Waals surface area contributed by atoms with Crippen LogP contribution in [0.15, 0.2) is 34.4 Å². The summed E-state index contributed by atoms with van der Waals surface area (Å²) in [6.45, 7) is 6.36. The Morgan fingerprint density at radius 3 is 2.63 bits per heavy atom. The molecule has 5 rings (SSSR count). The van der Waals surface area contributed by atoms with Gasteiger partial charge in [0.2, 0.25) is 10.9 Å². The molecule has 5 unspecified atom stereocenters. The van der Waals surface area contributed by atoms with Crippen LogP contribution in [0.4, 0.5) is 13.2 Å². The molecule has 206 valence electrons. The van der Waals surface area contributed by atoms with Crippen molar-refractivity contribution in [3.63, 3.8) is 0 Å². The zero-order valence-electron chi connectivity index (χ0n) is 21.5. The number of carbonyl (C=O) groups is 3. The molecule has 0 bridgehead atoms. The van der Waals surface area contributed by atoms with Gasteiger partial charge >= 0.3 is 5.97 Å². The molecule has 0 spiro atoms. The third-order valence-electron chi connectivity index (χ3n) is 9.74. The highest BCUT2D eigenvalue weighted by atomic mass is 32.2. The summed E-state index contributed by atoms with van der Waals surface area (Å²) in [4.78, 5) is 38.8. The van der Waals surface area contributed by atoms with E-state index in [1.807, 2.05) is 0 Å². The second kappa shape index (κ2) is 8.81. The van der Waals surface area contributed by atoms with Gasteiger partial charge < -0.3 is 14.4 Å². The molecule has 1 N–H and O–H groups in total. The third-order valence-corrected chi connectivity index (χ3v) is 10.4. The van der Waals surface area contributed by atoms with E-state index in [1.54, 1.807) is 20.8 Å². The lowest BCUT2D eigenvalue weighted by Crippen LogP contribution is -2.70. The Balaban J connectivity index is 1.63. The second-order valence-electron chi connectivity index (χ2n) is 11.5. The molecule has 1 aromatic heterocycles. The first kappa shape index (κ1) is 27.2. The number of alkyl halides is 3. The molecule has 4 aliphatic carbocycles. The lowest BCUT2D eigenvalue weighted by molar-refractivity contribution is -0.221. The number of esters is 1. The molecule has 38 heavy (non-hydrogen) atoms. The van der Waals surface area contributed by atoms with Crippen LogP contribution in [0.2, 0.25) is 0 Å². The van der Waals surface area contributed by atoms with E-state index in [2.05, 4.69) is 5.16 Å². The van der Waals surface area contributed by atoms with Gasteiger partial charge in [-0.3, -0.25) is 9.59 Å². The van der Waals surface area contributed by atoms with E-state index >= 15 is 8.78 Å². The van der Waals surface area contributed by atoms with Gasteiger partial charge in [-0.25, -0.2) is 18.0 Å². The molecule has 11 heteroatoms. The van der Waals surface area contributed by atoms with Crippen molar-refractivity contribution in [2.45, 2.75) is 70.5 Å². The summed E-state index contributed by atoms with van der Waals surface area (Å²) in [5.41, 5.74) is -6.87. The number of rotatable bonds is 4. The molecule has 0 saturated heterocycles. The summed E-state index contributed by atoms with van der Waals surface area (Å²) in [7, 11) is 0. The van der Waals surface area contributed by atoms with Crippen molar-refractivity contribution in [2.24, 2.45) is 28.6 Å². The lowest BCUT2D eigenvalue weighted by atomic mass is 9.44. The van der Waals surface area contributed by atoms with E-state index in [-0.39, 0.29) is 30.6 Å². The maximum Gasteiger partial charge on any atom is 0.378 e. The number of ether oxygens (including phenoxy) is 1. The predicted molar refractivity (Wildman–Crippen MR) is 131 cm³/mol. The summed E-state index contributed by atoms with van der Waals surface area (Å²) >= 11 is 0.339. The predicted octanol–water partition coefficient (Wildman–Crippen LogP) is 4.63. The van der Waals surface area contributed by atoms with Crippen LogP contribution in [-0.2, 0) is 14.3 Å². The van der Waals surface area contributed by atoms with Gasteiger partial charge in [0.05, 0.1) is 11.8 Å². The fourth-order valence-electron chi connectivity index (χ4n) is 8.03. The van der Waals surface area contributed by atoms with Crippen LogP contribution in [0, 0.1) is 35.5 Å². The van der Waals surface area contributed by atoms with E-state index < -0.39 is 75.0 Å². The Labute approximate surface area is 222 Å². The molecule has 3 fully saturated rings. The van der Waals surface area contributed by atoms with Crippen molar-refractivity contribution in [1.29, 1.82) is 0 Å². The number of hydrogen-bond donors (Lipinski definition) is 1. The number of aromatic nitrogens is 1. The number of thioether (sulfide) groups is 1. The lowest BCUT2D eigenvalue weighted by Gasteiger charge is -2.63. The summed E-state index contributed by atoms with van der Waals surface area (Å²) in [5.74, 6) is -4.19. The largest absolute Gasteiger partial charge is 0.443 e. The van der Waals surface area contributed by atoms with Crippen LogP contribution in [-0.4, -0.2) is 56.7 Å². The summed E-state index contributed by atoms with van der Waals surface area (Å²) in [5, 5.41) is 14.4. The maximum atomic E-state index is 17.4. The van der Waals surface area contributed by atoms with Crippen molar-refractivity contribution >= 4 is 28.6 Å². The van der Waals surface area contributed by atoms with Gasteiger partial charge in [0.1, 0.15) is 12.2 Å². The minimum absolute atomic E-state index is 0.0140. The highest BCUT2D eigenvalue weighted by Crippen LogP contribution is 2.72. The first-order valence-electron chi connectivity index (χ1n) is 12.6. The number of carbonyl (C=O) groups excluding carboxylic acids is 3. The van der Waals surface area contributed by atoms with E-state index in [0.29, 0.717) is 17.5 Å². The quantitative estimate of drug-likeness (QED) is 0.538. The molecule has 0 radical (unpaired) electrons. The second-order valence-corrected chi connectivity index (χ2v) is 12.4. The number of fused-ring (bicyclic) bond motifs is 5. The third kappa shape index (κ3) is 3.33. The Bertz CT molecular complexity index is 1270. The van der Waals surface area contributed by atoms with Gasteiger partial charge in [-0.1, -0.05) is 25.1 Å². The van der Waals surface area contributed by atoms with Crippen LogP contribution in [0.1, 0.15) is 56.3 Å². The zero-order valence-corrected chi connectivity index (χ0v) is 22.3. The topological polar surface area (TPSA) is 107 Å². The Morgan fingerprint density at radius 2 is 2.00 bits per heavy atom. The summed E-state index contributed by atoms with van der Waals surface area (Å²) < 4.78 is 57.5. The monoisotopic (exact) mass is 553 g/mol. The highest BCUT2D eigenvalue weighted by Gasteiger charge is 2.78. The van der Waals surface area contributed by atoms with Gasteiger partial charge in [0, 0.05) is 28.7 Å². The zero-order chi connectivity index (χ0) is 27.8. The molecule has 7 nitrogen and oxygen atoms in total. The minimum atomic E-state index is -2.36. The Morgan fingerprint density at radius 1 is 1.29 bits per heavy atom. The Hall–Kier alpha value is -2.40. The van der Waals surface area contributed by atoms with Crippen molar-refractivity contribution in [3.05, 3.63) is 41.3 Å². The molecule has 0 amide bonds. The molecular weight excluding hydrogens is 523 g/mol. The number of aliphatic hydroxyl groups excluding tert-OH is 1. The highest BCUT2D eigenvalue weighted by molar-refractivity contribution is 8.13. The SMILES string of the molecule is Cc1cc(C(=O)OC2(C(=O)SCF)C(C)C[C@H]3[C@@H]4CC(F)C5=CC(=O)C=C[C@]5(C)C4(F)C(O)C[C@@]32C)on1. The summed E-state index contributed by atoms with van der Waals surface area (Å²) in [6.07, 6.45) is -0.193. The number of ketones is 1. The maximum absolute atomic E-state index is 17.4. The van der Waals surface area contributed by atoms with Crippen LogP contribution in [0.3, 0.4) is 0 Å². The van der Waals surface area contributed by atoms with Crippen LogP contribution in [0.5, 0.6) is 0 Å². The number of aryl methyl sites for hydroxylation is 1. The van der Waals surface area contributed by atoms with Crippen LogP contribution < -0.4 is 0 Å². The molecular formula is C27H30F3NO6S. The first-order valence-corrected chi connectivity index (χ1v) is 13.6. The standard InChI is InChI=1S/C27H30F3NO6S/c1-13-7-16-17-10-19(29)18-9-15(32)5-6-24(18,3)26(17,30)21(33)11-25(16,4)27(13,23(35)38-12-28)36-22(34)20-8-14(2)31-37-20/h5-6,8-9,13,16-17,19,21,33H,7,10-12H2,1-4H3/t13?,16-,17-,19?,21?,24-,25-,26?,27?/m0/s1. The fourth-order valence-corrected chi connectivity index (χ4v) is 8.82. The van der Waals surface area contributed by atoms with Gasteiger partial charge in [-0.15, -0.1) is 0 Å². The average molecular weight is 554 g/mol. The molecule has 0 aromatic carbocycles. The molecule has 9 atom stereocenters. The molecule has 3 saturated carbocycles. The van der Waals surface area contributed by atoms with Gasteiger partial charge in [0.25, 0.3) is 0 Å². The smallest absolute Gasteiger partial charge is 0.378 e. The average Bonchev–Trinajstić information content (AvgIpc) is 3.38. The van der Waals surface area contributed by atoms with Crippen molar-refractivity contribution in [3.8, 4) is 0 Å². The fraction of sp³-hybridized carbons (Fsp3) is 0.630. The van der Waals surface area contributed by atoms with E-state index in [0.717, 1.165) is 6.08 Å². The molecule has 1 heterocycles. The van der Waals surface area contributed by atoms with Crippen molar-refractivity contribution in [2.75, 3.05) is 6.01 Å². The first-order chi connectivity index (χ1) is 17.8. The number of nitrogens with zero attached hydrogens (tertiary/aromatic N) is 1. The van der Waals surface area contributed by atoms with Crippen LogP contribution in [0.25, 0.3) is 0 Å². The molecule has 1 aromatic rings. The number of hydrogen-bond acceptors (Lipinski definition) is 8. The van der Waals surface area contributed by atoms with E-state index in [4.69, 9.17) is 9.26 Å². The van der Waals surface area contributed by atoms with E-state index in [9.17, 15) is 23.9 Å². The van der Waals surface area contributed by atoms with Gasteiger partial charge in [-0.05, 0) is 68.5 Å². The Kier molecular flexibility index (Phi) is 6.30. The number of aliphatic hydroxyl groups is 1. The van der Waals surface area contributed by atoms with Crippen LogP contribution >= 0.6 is 11.8 Å². The van der Waals surface area contributed by atoms with Gasteiger partial charge in [-0.2, -0.15) is 0 Å². The summed E-state index contributed by atoms with van der Waals surface area (Å²) in [6, 6.07) is 0.258. The van der Waals surface area contributed by atoms with E-state index in [1.165, 1.54) is 25.1 Å². The molecule has 4 aliphatic rings. The number of allylic oxidation sites excluding steroid dienone is 4. The van der Waals surface area contributed by atoms with Gasteiger partial charge in [0.15, 0.2) is 17.1 Å².